The average molecular weight is 357 g/mol. The summed E-state index contributed by atoms with van der Waals surface area (Å²) >= 11 is 5.92. The zero-order chi connectivity index (χ0) is 17.9. The zero-order valence-corrected chi connectivity index (χ0v) is 13.8. The van der Waals surface area contributed by atoms with E-state index in [0.717, 1.165) is 23.8 Å². The number of benzene rings is 2. The molecule has 0 heterocycles. The number of rotatable bonds is 4. The Morgan fingerprint density at radius 1 is 1.12 bits per heavy atom. The van der Waals surface area contributed by atoms with E-state index in [1.165, 1.54) is 0 Å². The fraction of sp³-hybridized carbons (Fsp3) is 0.235. The summed E-state index contributed by atoms with van der Waals surface area (Å²) in [6.07, 6.45) is -4.51. The van der Waals surface area contributed by atoms with Gasteiger partial charge in [-0.05, 0) is 37.9 Å². The first-order valence-corrected chi connectivity index (χ1v) is 7.47. The molecule has 0 aromatic heterocycles. The van der Waals surface area contributed by atoms with Crippen molar-refractivity contribution >= 4 is 23.2 Å². The second-order valence-corrected chi connectivity index (χ2v) is 5.87. The van der Waals surface area contributed by atoms with Crippen LogP contribution in [0.1, 0.15) is 17.2 Å². The van der Waals surface area contributed by atoms with Crippen LogP contribution < -0.4 is 5.32 Å². The Morgan fingerprint density at radius 3 is 2.29 bits per heavy atom. The van der Waals surface area contributed by atoms with Gasteiger partial charge in [0.25, 0.3) is 0 Å². The molecule has 0 saturated carbocycles. The normalized spacial score (nSPS) is 13.0. The number of likely N-dealkylation sites (N-methyl/N-ethyl adjacent to an activating group) is 1. The van der Waals surface area contributed by atoms with Crippen LogP contribution in [0.15, 0.2) is 48.5 Å². The Kier molecular flexibility index (Phi) is 5.51. The molecule has 0 bridgehead atoms. The fourth-order valence-corrected chi connectivity index (χ4v) is 2.48. The summed E-state index contributed by atoms with van der Waals surface area (Å²) < 4.78 is 38.5. The summed E-state index contributed by atoms with van der Waals surface area (Å²) in [7, 11) is 3.43. The van der Waals surface area contributed by atoms with Crippen LogP contribution in [0.25, 0.3) is 0 Å². The van der Waals surface area contributed by atoms with Crippen molar-refractivity contribution < 1.29 is 18.0 Å². The predicted octanol–water partition coefficient (Wildman–Crippen LogP) is 4.60. The summed E-state index contributed by atoms with van der Waals surface area (Å²) in [5.41, 5.74) is -0.217. The van der Waals surface area contributed by atoms with Crippen molar-refractivity contribution in [2.24, 2.45) is 0 Å². The second kappa shape index (κ2) is 7.23. The quantitative estimate of drug-likeness (QED) is 0.868. The van der Waals surface area contributed by atoms with Gasteiger partial charge in [-0.2, -0.15) is 13.2 Å². The number of amides is 1. The lowest BCUT2D eigenvalue weighted by Gasteiger charge is -2.24. The van der Waals surface area contributed by atoms with Crippen LogP contribution in [0.3, 0.4) is 0 Å². The van der Waals surface area contributed by atoms with Gasteiger partial charge in [-0.1, -0.05) is 41.9 Å². The van der Waals surface area contributed by atoms with Gasteiger partial charge in [0, 0.05) is 0 Å². The highest BCUT2D eigenvalue weighted by atomic mass is 35.5. The van der Waals surface area contributed by atoms with E-state index >= 15 is 0 Å². The summed E-state index contributed by atoms with van der Waals surface area (Å²) in [5, 5.41) is 2.53. The average Bonchev–Trinajstić information content (AvgIpc) is 2.49. The van der Waals surface area contributed by atoms with E-state index in [9.17, 15) is 18.0 Å². The minimum absolute atomic E-state index is 0.0434. The molecule has 1 amide bonds. The largest absolute Gasteiger partial charge is 0.416 e. The molecule has 0 fully saturated rings. The molecule has 128 valence electrons. The number of hydrogen-bond acceptors (Lipinski definition) is 2. The van der Waals surface area contributed by atoms with Crippen molar-refractivity contribution in [1.82, 2.24) is 4.90 Å². The third kappa shape index (κ3) is 4.27. The molecule has 0 aliphatic rings. The minimum Gasteiger partial charge on any atom is -0.323 e. The molecule has 0 unspecified atom stereocenters. The number of carbonyl (C=O) groups excluding carboxylic acids is 1. The predicted molar refractivity (Wildman–Crippen MR) is 88.0 cm³/mol. The number of anilines is 1. The van der Waals surface area contributed by atoms with E-state index < -0.39 is 23.7 Å². The van der Waals surface area contributed by atoms with Gasteiger partial charge >= 0.3 is 6.18 Å². The SMILES string of the molecule is CN(C)[C@@H](C(=O)Nc1cc(C(F)(F)F)ccc1Cl)c1ccccc1. The first kappa shape index (κ1) is 18.3. The van der Waals surface area contributed by atoms with Gasteiger partial charge in [-0.25, -0.2) is 0 Å². The topological polar surface area (TPSA) is 32.3 Å². The Bertz CT molecular complexity index is 718. The van der Waals surface area contributed by atoms with Crippen LogP contribution >= 0.6 is 11.6 Å². The van der Waals surface area contributed by atoms with Crippen LogP contribution in [0, 0.1) is 0 Å². The highest BCUT2D eigenvalue weighted by Gasteiger charge is 2.31. The van der Waals surface area contributed by atoms with Crippen molar-refractivity contribution in [2.45, 2.75) is 12.2 Å². The molecule has 0 spiro atoms. The van der Waals surface area contributed by atoms with Crippen LogP contribution in [0.2, 0.25) is 5.02 Å². The van der Waals surface area contributed by atoms with Gasteiger partial charge in [0.05, 0.1) is 16.3 Å². The number of nitrogens with one attached hydrogen (secondary N) is 1. The lowest BCUT2D eigenvalue weighted by atomic mass is 10.1. The van der Waals surface area contributed by atoms with E-state index in [4.69, 9.17) is 11.6 Å². The van der Waals surface area contributed by atoms with E-state index in [1.54, 1.807) is 43.3 Å². The smallest absolute Gasteiger partial charge is 0.323 e. The Balaban J connectivity index is 2.31. The van der Waals surface area contributed by atoms with Crippen molar-refractivity contribution in [3.8, 4) is 0 Å². The highest BCUT2D eigenvalue weighted by molar-refractivity contribution is 6.33. The van der Waals surface area contributed by atoms with Crippen molar-refractivity contribution in [3.63, 3.8) is 0 Å². The molecule has 24 heavy (non-hydrogen) atoms. The number of nitrogens with zero attached hydrogens (tertiary/aromatic N) is 1. The number of halogens is 4. The molecule has 3 nitrogen and oxygen atoms in total. The third-order valence-electron chi connectivity index (χ3n) is 3.43. The van der Waals surface area contributed by atoms with Gasteiger partial charge in [-0.3, -0.25) is 9.69 Å². The first-order valence-electron chi connectivity index (χ1n) is 7.09. The Hall–Kier alpha value is -2.05. The van der Waals surface area contributed by atoms with E-state index in [1.807, 2.05) is 6.07 Å². The van der Waals surface area contributed by atoms with Gasteiger partial charge in [0.15, 0.2) is 0 Å². The summed E-state index contributed by atoms with van der Waals surface area (Å²) in [4.78, 5) is 14.2. The molecular weight excluding hydrogens is 341 g/mol. The summed E-state index contributed by atoms with van der Waals surface area (Å²) in [6, 6.07) is 11.1. The fourth-order valence-electron chi connectivity index (χ4n) is 2.32. The maximum atomic E-state index is 12.8. The molecule has 1 N–H and O–H groups in total. The Morgan fingerprint density at radius 2 is 1.75 bits per heavy atom. The lowest BCUT2D eigenvalue weighted by Crippen LogP contribution is -2.32. The molecule has 0 radical (unpaired) electrons. The van der Waals surface area contributed by atoms with Crippen LogP contribution in [-0.4, -0.2) is 24.9 Å². The molecule has 1 atom stereocenters. The lowest BCUT2D eigenvalue weighted by molar-refractivity contribution is -0.137. The maximum absolute atomic E-state index is 12.8. The van der Waals surface area contributed by atoms with Crippen molar-refractivity contribution in [2.75, 3.05) is 19.4 Å². The summed E-state index contributed by atoms with van der Waals surface area (Å²) in [6.45, 7) is 0. The monoisotopic (exact) mass is 356 g/mol. The number of hydrogen-bond donors (Lipinski definition) is 1. The molecule has 7 heteroatoms. The molecule has 2 aromatic carbocycles. The number of alkyl halides is 3. The Labute approximate surface area is 143 Å². The number of carbonyl (C=O) groups is 1. The van der Waals surface area contributed by atoms with Gasteiger partial charge in [0.1, 0.15) is 6.04 Å². The molecule has 0 aliphatic heterocycles. The van der Waals surface area contributed by atoms with Crippen LogP contribution in [0.4, 0.5) is 18.9 Å². The van der Waals surface area contributed by atoms with Crippen LogP contribution in [-0.2, 0) is 11.0 Å². The third-order valence-corrected chi connectivity index (χ3v) is 3.76. The molecule has 0 saturated heterocycles. The molecule has 2 aromatic rings. The second-order valence-electron chi connectivity index (χ2n) is 5.46. The molecule has 2 rings (SSSR count). The highest BCUT2D eigenvalue weighted by Crippen LogP contribution is 2.34. The van der Waals surface area contributed by atoms with Gasteiger partial charge in [-0.15, -0.1) is 0 Å². The van der Waals surface area contributed by atoms with Gasteiger partial charge in [0.2, 0.25) is 5.91 Å². The molecule has 0 aliphatic carbocycles. The standard InChI is InChI=1S/C17H16ClF3N2O/c1-23(2)15(11-6-4-3-5-7-11)16(24)22-14-10-12(17(19,20)21)8-9-13(14)18/h3-10,15H,1-2H3,(H,22,24)/t15-/m1/s1. The van der Waals surface area contributed by atoms with E-state index in [0.29, 0.717) is 0 Å². The van der Waals surface area contributed by atoms with Crippen molar-refractivity contribution in [3.05, 3.63) is 64.7 Å². The molecular formula is C17H16ClF3N2O. The van der Waals surface area contributed by atoms with Gasteiger partial charge < -0.3 is 5.32 Å². The first-order chi connectivity index (χ1) is 11.2. The van der Waals surface area contributed by atoms with Crippen LogP contribution in [0.5, 0.6) is 0 Å². The van der Waals surface area contributed by atoms with E-state index in [-0.39, 0.29) is 10.7 Å². The zero-order valence-electron chi connectivity index (χ0n) is 13.1. The summed E-state index contributed by atoms with van der Waals surface area (Å²) in [5.74, 6) is -0.465. The minimum atomic E-state index is -4.51. The van der Waals surface area contributed by atoms with Crippen molar-refractivity contribution in [1.29, 1.82) is 0 Å². The maximum Gasteiger partial charge on any atom is 0.416 e. The van der Waals surface area contributed by atoms with E-state index in [2.05, 4.69) is 5.32 Å².